The minimum atomic E-state index is -0.837. The first-order chi connectivity index (χ1) is 8.91. The summed E-state index contributed by atoms with van der Waals surface area (Å²) in [4.78, 5) is 13.1. The van der Waals surface area contributed by atoms with Gasteiger partial charge in [-0.15, -0.1) is 0 Å². The molecule has 1 aliphatic carbocycles. The number of carbonyl (C=O) groups is 1. The molecule has 0 bridgehead atoms. The van der Waals surface area contributed by atoms with Crippen molar-refractivity contribution in [3.8, 4) is 0 Å². The zero-order valence-electron chi connectivity index (χ0n) is 12.1. The maximum Gasteiger partial charge on any atom is 0.323 e. The number of likely N-dealkylation sites (N-methyl/N-ethyl adjacent to an activating group) is 1. The molecule has 1 aromatic carbocycles. The predicted octanol–water partition coefficient (Wildman–Crippen LogP) is 2.86. The molecule has 0 heterocycles. The Labute approximate surface area is 115 Å². The fourth-order valence-corrected chi connectivity index (χ4v) is 2.52. The third-order valence-electron chi connectivity index (χ3n) is 4.31. The molecule has 19 heavy (non-hydrogen) atoms. The summed E-state index contributed by atoms with van der Waals surface area (Å²) in [5, 5.41) is 9.24. The highest BCUT2D eigenvalue weighted by atomic mass is 16.4. The van der Waals surface area contributed by atoms with E-state index in [0.29, 0.717) is 6.54 Å². The standard InChI is InChI=1S/C16H23NO2/c1-16(2,15(18)19)17(3)11-12-8-9-13-6-4-5-7-14(13)10-12/h8-10H,4-7,11H2,1-3H3,(H,18,19). The lowest BCUT2D eigenvalue weighted by molar-refractivity contribution is -0.148. The highest BCUT2D eigenvalue weighted by Crippen LogP contribution is 2.24. The van der Waals surface area contributed by atoms with Crippen molar-refractivity contribution in [2.24, 2.45) is 0 Å². The van der Waals surface area contributed by atoms with Crippen LogP contribution in [-0.4, -0.2) is 28.6 Å². The molecule has 1 aliphatic rings. The smallest absolute Gasteiger partial charge is 0.323 e. The average molecular weight is 261 g/mol. The molecule has 0 fully saturated rings. The largest absolute Gasteiger partial charge is 0.480 e. The van der Waals surface area contributed by atoms with E-state index in [4.69, 9.17) is 0 Å². The number of carboxylic acid groups (broad SMARTS) is 1. The number of benzene rings is 1. The van der Waals surface area contributed by atoms with Crippen molar-refractivity contribution >= 4 is 5.97 Å². The first-order valence-corrected chi connectivity index (χ1v) is 6.96. The lowest BCUT2D eigenvalue weighted by Crippen LogP contribution is -2.47. The molecule has 3 nitrogen and oxygen atoms in total. The van der Waals surface area contributed by atoms with Crippen LogP contribution in [0.4, 0.5) is 0 Å². The fraction of sp³-hybridized carbons (Fsp3) is 0.562. The molecule has 1 aromatic rings. The maximum absolute atomic E-state index is 11.2. The van der Waals surface area contributed by atoms with E-state index in [1.807, 2.05) is 11.9 Å². The van der Waals surface area contributed by atoms with Gasteiger partial charge >= 0.3 is 5.97 Å². The number of hydrogen-bond acceptors (Lipinski definition) is 2. The van der Waals surface area contributed by atoms with Crippen molar-refractivity contribution < 1.29 is 9.90 Å². The van der Waals surface area contributed by atoms with E-state index in [2.05, 4.69) is 18.2 Å². The number of fused-ring (bicyclic) bond motifs is 1. The molecule has 0 amide bonds. The normalized spacial score (nSPS) is 15.4. The summed E-state index contributed by atoms with van der Waals surface area (Å²) in [7, 11) is 1.87. The Hall–Kier alpha value is -1.35. The quantitative estimate of drug-likeness (QED) is 0.906. The van der Waals surface area contributed by atoms with Gasteiger partial charge in [-0.3, -0.25) is 9.69 Å². The second-order valence-corrected chi connectivity index (χ2v) is 6.03. The van der Waals surface area contributed by atoms with Crippen LogP contribution in [0, 0.1) is 0 Å². The topological polar surface area (TPSA) is 40.5 Å². The van der Waals surface area contributed by atoms with Crippen molar-refractivity contribution in [2.45, 2.75) is 51.6 Å². The Morgan fingerprint density at radius 2 is 1.89 bits per heavy atom. The molecule has 0 aromatic heterocycles. The number of hydrogen-bond donors (Lipinski definition) is 1. The number of aryl methyl sites for hydroxylation is 2. The summed E-state index contributed by atoms with van der Waals surface area (Å²) in [5.41, 5.74) is 3.29. The highest BCUT2D eigenvalue weighted by Gasteiger charge is 2.31. The van der Waals surface area contributed by atoms with Crippen LogP contribution in [0.25, 0.3) is 0 Å². The summed E-state index contributed by atoms with van der Waals surface area (Å²) in [6, 6.07) is 6.60. The first kappa shape index (κ1) is 14.1. The SMILES string of the molecule is CN(Cc1ccc2c(c1)CCCC2)C(C)(C)C(=O)O. The van der Waals surface area contributed by atoms with Gasteiger partial charge in [0.25, 0.3) is 0 Å². The molecule has 0 saturated heterocycles. The van der Waals surface area contributed by atoms with Crippen LogP contribution in [0.15, 0.2) is 18.2 Å². The van der Waals surface area contributed by atoms with Crippen LogP contribution >= 0.6 is 0 Å². The van der Waals surface area contributed by atoms with E-state index < -0.39 is 11.5 Å². The van der Waals surface area contributed by atoms with Gasteiger partial charge < -0.3 is 5.11 Å². The molecular formula is C16H23NO2. The number of nitrogens with zero attached hydrogens (tertiary/aromatic N) is 1. The van der Waals surface area contributed by atoms with Gasteiger partial charge in [0.2, 0.25) is 0 Å². The van der Waals surface area contributed by atoms with Crippen molar-refractivity contribution in [2.75, 3.05) is 7.05 Å². The molecule has 0 atom stereocenters. The Balaban J connectivity index is 2.13. The van der Waals surface area contributed by atoms with E-state index >= 15 is 0 Å². The molecular weight excluding hydrogens is 238 g/mol. The number of rotatable bonds is 4. The van der Waals surface area contributed by atoms with E-state index in [0.717, 1.165) is 6.42 Å². The van der Waals surface area contributed by atoms with E-state index in [-0.39, 0.29) is 0 Å². The lowest BCUT2D eigenvalue weighted by atomic mass is 9.90. The molecule has 0 unspecified atom stereocenters. The van der Waals surface area contributed by atoms with Crippen LogP contribution < -0.4 is 0 Å². The third-order valence-corrected chi connectivity index (χ3v) is 4.31. The molecule has 1 N–H and O–H groups in total. The first-order valence-electron chi connectivity index (χ1n) is 6.96. The third kappa shape index (κ3) is 2.98. The summed E-state index contributed by atoms with van der Waals surface area (Å²) in [6.07, 6.45) is 4.91. The van der Waals surface area contributed by atoms with Gasteiger partial charge in [-0.1, -0.05) is 18.2 Å². The van der Waals surface area contributed by atoms with E-state index in [9.17, 15) is 9.90 Å². The van der Waals surface area contributed by atoms with Crippen molar-refractivity contribution in [3.63, 3.8) is 0 Å². The van der Waals surface area contributed by atoms with Gasteiger partial charge in [0.15, 0.2) is 0 Å². The van der Waals surface area contributed by atoms with Crippen molar-refractivity contribution in [3.05, 3.63) is 34.9 Å². The van der Waals surface area contributed by atoms with Crippen LogP contribution in [0.5, 0.6) is 0 Å². The number of aliphatic carboxylic acids is 1. The maximum atomic E-state index is 11.2. The average Bonchev–Trinajstić information content (AvgIpc) is 2.38. The highest BCUT2D eigenvalue weighted by molar-refractivity contribution is 5.77. The Morgan fingerprint density at radius 3 is 2.53 bits per heavy atom. The monoisotopic (exact) mass is 261 g/mol. The molecule has 3 heteroatoms. The Kier molecular flexibility index (Phi) is 3.95. The van der Waals surface area contributed by atoms with Crippen LogP contribution in [0.2, 0.25) is 0 Å². The zero-order chi connectivity index (χ0) is 14.0. The minimum Gasteiger partial charge on any atom is -0.480 e. The summed E-state index contributed by atoms with van der Waals surface area (Å²) in [5.74, 6) is -0.784. The second-order valence-electron chi connectivity index (χ2n) is 6.03. The van der Waals surface area contributed by atoms with Gasteiger partial charge in [-0.2, -0.15) is 0 Å². The van der Waals surface area contributed by atoms with Gasteiger partial charge in [-0.25, -0.2) is 0 Å². The van der Waals surface area contributed by atoms with E-state index in [1.165, 1.54) is 36.0 Å². The molecule has 0 saturated carbocycles. The molecule has 0 spiro atoms. The summed E-state index contributed by atoms with van der Waals surface area (Å²) >= 11 is 0. The molecule has 0 aliphatic heterocycles. The second kappa shape index (κ2) is 5.33. The van der Waals surface area contributed by atoms with Gasteiger partial charge in [0, 0.05) is 6.54 Å². The Morgan fingerprint density at radius 1 is 1.26 bits per heavy atom. The van der Waals surface area contributed by atoms with Crippen molar-refractivity contribution in [1.82, 2.24) is 4.90 Å². The van der Waals surface area contributed by atoms with Gasteiger partial charge in [0.1, 0.15) is 5.54 Å². The minimum absolute atomic E-state index is 0.673. The van der Waals surface area contributed by atoms with Crippen molar-refractivity contribution in [1.29, 1.82) is 0 Å². The van der Waals surface area contributed by atoms with Crippen LogP contribution in [0.3, 0.4) is 0 Å². The summed E-state index contributed by atoms with van der Waals surface area (Å²) in [6.45, 7) is 4.16. The molecule has 104 valence electrons. The van der Waals surface area contributed by atoms with Gasteiger partial charge in [0.05, 0.1) is 0 Å². The Bertz CT molecular complexity index is 480. The zero-order valence-corrected chi connectivity index (χ0v) is 12.1. The summed E-state index contributed by atoms with van der Waals surface area (Å²) < 4.78 is 0. The van der Waals surface area contributed by atoms with E-state index in [1.54, 1.807) is 13.8 Å². The van der Waals surface area contributed by atoms with Crippen LogP contribution in [-0.2, 0) is 24.2 Å². The lowest BCUT2D eigenvalue weighted by Gasteiger charge is -2.31. The predicted molar refractivity (Wildman–Crippen MR) is 76.3 cm³/mol. The number of carboxylic acids is 1. The molecule has 2 rings (SSSR count). The molecule has 0 radical (unpaired) electrons. The van der Waals surface area contributed by atoms with Gasteiger partial charge in [-0.05, 0) is 63.3 Å². The fourth-order valence-electron chi connectivity index (χ4n) is 2.52. The van der Waals surface area contributed by atoms with Crippen LogP contribution in [0.1, 0.15) is 43.4 Å².